The van der Waals surface area contributed by atoms with Crippen molar-refractivity contribution in [2.24, 2.45) is 7.05 Å². The van der Waals surface area contributed by atoms with Gasteiger partial charge < -0.3 is 25.8 Å². The number of aromatic nitrogens is 4. The number of aliphatic hydroxyl groups excluding tert-OH is 1. The summed E-state index contributed by atoms with van der Waals surface area (Å²) in [5.74, 6) is 6.62. The summed E-state index contributed by atoms with van der Waals surface area (Å²) in [5.41, 5.74) is 11.8. The van der Waals surface area contributed by atoms with Gasteiger partial charge in [0.1, 0.15) is 5.75 Å². The van der Waals surface area contributed by atoms with Crippen LogP contribution in [-0.4, -0.2) is 42.9 Å². The lowest BCUT2D eigenvalue weighted by atomic mass is 9.92. The Morgan fingerprint density at radius 1 is 1.00 bits per heavy atom. The number of benzene rings is 3. The number of nitrogen functional groups attached to an aromatic ring is 1. The van der Waals surface area contributed by atoms with Gasteiger partial charge in [-0.15, -0.1) is 0 Å². The number of hydrogen-bond donors (Lipinski definition) is 3. The second kappa shape index (κ2) is 13.2. The number of carbonyl (C=O) groups is 1. The molecule has 0 fully saturated rings. The minimum Gasteiger partial charge on any atom is -0.491 e. The molecule has 10 heteroatoms. The number of fused-ring (bicyclic) bond motifs is 1. The highest BCUT2D eigenvalue weighted by atomic mass is 16.5. The number of aryl methyl sites for hydroxylation is 1. The number of para-hydroxylation sites is 1. The summed E-state index contributed by atoms with van der Waals surface area (Å²) in [6.45, 7) is 5.78. The maximum Gasteiger partial charge on any atom is 0.274 e. The summed E-state index contributed by atoms with van der Waals surface area (Å²) in [6.07, 6.45) is 6.00. The standard InChI is InChI=1S/C37H35N7O3/c1-23(2)47-30-17-15-26(16-18-30)31-21-39-35(38)34(42-31)36(45)41-24(3)32-19-28-10-8-9-27(14-13-25-20-40-43(4)22-25)33(28)37(46)44(32)29-11-6-5-7-12-29/h5-12,15-24,37,46H,1-4H3,(H2,38,39)(H,41,45)/t24-,37?/m0/s1. The summed E-state index contributed by atoms with van der Waals surface area (Å²) >= 11 is 0. The highest BCUT2D eigenvalue weighted by Crippen LogP contribution is 2.39. The molecule has 47 heavy (non-hydrogen) atoms. The molecule has 0 bridgehead atoms. The SMILES string of the molecule is CC(C)Oc1ccc(-c2cnc(N)c(C(=O)N[C@@H](C)C3=Cc4cccc(C#Cc5cnn(C)c5)c4C(O)N3c3ccccc3)n2)cc1. The fourth-order valence-corrected chi connectivity index (χ4v) is 5.46. The lowest BCUT2D eigenvalue weighted by molar-refractivity contribution is 0.0938. The molecule has 0 saturated heterocycles. The van der Waals surface area contributed by atoms with E-state index in [0.29, 0.717) is 22.5 Å². The Hall–Kier alpha value is -5.92. The fraction of sp³-hybridized carbons (Fsp3) is 0.189. The van der Waals surface area contributed by atoms with Crippen molar-refractivity contribution in [2.45, 2.75) is 39.1 Å². The van der Waals surface area contributed by atoms with Crippen LogP contribution in [0.15, 0.2) is 97.1 Å². The number of ether oxygens (including phenoxy) is 1. The molecule has 1 aliphatic heterocycles. The Kier molecular flexibility index (Phi) is 8.73. The lowest BCUT2D eigenvalue weighted by Gasteiger charge is -2.39. The van der Waals surface area contributed by atoms with Crippen molar-refractivity contribution < 1.29 is 14.6 Å². The van der Waals surface area contributed by atoms with Gasteiger partial charge in [0.25, 0.3) is 5.91 Å². The zero-order chi connectivity index (χ0) is 33.1. The number of anilines is 2. The molecule has 3 heterocycles. The smallest absolute Gasteiger partial charge is 0.274 e. The number of rotatable bonds is 7. The molecule has 0 aliphatic carbocycles. The largest absolute Gasteiger partial charge is 0.491 e. The second-order valence-corrected chi connectivity index (χ2v) is 11.5. The van der Waals surface area contributed by atoms with E-state index in [1.54, 1.807) is 15.8 Å². The first-order valence-electron chi connectivity index (χ1n) is 15.3. The molecule has 5 aromatic rings. The summed E-state index contributed by atoms with van der Waals surface area (Å²) in [6, 6.07) is 22.1. The van der Waals surface area contributed by atoms with E-state index in [4.69, 9.17) is 10.5 Å². The number of carbonyl (C=O) groups excluding carboxylic acids is 1. The van der Waals surface area contributed by atoms with Crippen LogP contribution in [0, 0.1) is 11.8 Å². The van der Waals surface area contributed by atoms with Crippen LogP contribution in [0.4, 0.5) is 11.5 Å². The Balaban J connectivity index is 1.32. The zero-order valence-corrected chi connectivity index (χ0v) is 26.5. The van der Waals surface area contributed by atoms with Gasteiger partial charge in [-0.3, -0.25) is 9.48 Å². The van der Waals surface area contributed by atoms with Gasteiger partial charge in [-0.1, -0.05) is 42.2 Å². The van der Waals surface area contributed by atoms with Crippen molar-refractivity contribution in [1.29, 1.82) is 0 Å². The van der Waals surface area contributed by atoms with Crippen LogP contribution < -0.4 is 20.7 Å². The van der Waals surface area contributed by atoms with Crippen molar-refractivity contribution >= 4 is 23.5 Å². The van der Waals surface area contributed by atoms with Crippen molar-refractivity contribution in [2.75, 3.05) is 10.6 Å². The van der Waals surface area contributed by atoms with E-state index in [2.05, 4.69) is 32.2 Å². The minimum absolute atomic E-state index is 0.00781. The number of amides is 1. The van der Waals surface area contributed by atoms with Crippen molar-refractivity contribution in [3.8, 4) is 28.8 Å². The monoisotopic (exact) mass is 625 g/mol. The van der Waals surface area contributed by atoms with E-state index in [1.165, 1.54) is 6.20 Å². The molecule has 2 atom stereocenters. The first-order valence-corrected chi connectivity index (χ1v) is 15.3. The van der Waals surface area contributed by atoms with Gasteiger partial charge in [0.15, 0.2) is 17.7 Å². The Morgan fingerprint density at radius 3 is 2.47 bits per heavy atom. The molecule has 10 nitrogen and oxygen atoms in total. The molecule has 6 rings (SSSR count). The molecule has 1 amide bonds. The average molecular weight is 626 g/mol. The van der Waals surface area contributed by atoms with Gasteiger partial charge in [-0.2, -0.15) is 5.10 Å². The highest BCUT2D eigenvalue weighted by Gasteiger charge is 2.33. The van der Waals surface area contributed by atoms with E-state index >= 15 is 0 Å². The molecule has 2 aromatic heterocycles. The van der Waals surface area contributed by atoms with Gasteiger partial charge in [0, 0.05) is 41.3 Å². The van der Waals surface area contributed by atoms with E-state index in [0.717, 1.165) is 28.1 Å². The molecule has 1 unspecified atom stereocenters. The minimum atomic E-state index is -1.08. The molecule has 0 spiro atoms. The predicted molar refractivity (Wildman–Crippen MR) is 182 cm³/mol. The summed E-state index contributed by atoms with van der Waals surface area (Å²) in [5, 5.41) is 19.2. The molecule has 3 aromatic carbocycles. The molecular weight excluding hydrogens is 590 g/mol. The van der Waals surface area contributed by atoms with Crippen LogP contribution in [0.2, 0.25) is 0 Å². The van der Waals surface area contributed by atoms with E-state index < -0.39 is 18.2 Å². The number of aliphatic hydroxyl groups is 1. The van der Waals surface area contributed by atoms with Gasteiger partial charge in [-0.25, -0.2) is 9.97 Å². The van der Waals surface area contributed by atoms with Gasteiger partial charge in [0.2, 0.25) is 0 Å². The first-order chi connectivity index (χ1) is 22.7. The molecule has 4 N–H and O–H groups in total. The number of hydrogen-bond acceptors (Lipinski definition) is 8. The Bertz CT molecular complexity index is 2010. The molecule has 0 saturated carbocycles. The maximum atomic E-state index is 13.7. The third kappa shape index (κ3) is 6.71. The van der Waals surface area contributed by atoms with Crippen LogP contribution in [0.25, 0.3) is 17.3 Å². The van der Waals surface area contributed by atoms with Crippen LogP contribution in [0.1, 0.15) is 59.7 Å². The lowest BCUT2D eigenvalue weighted by Crippen LogP contribution is -2.43. The first kappa shape index (κ1) is 31.1. The maximum absolute atomic E-state index is 13.7. The van der Waals surface area contributed by atoms with Crippen LogP contribution in [-0.2, 0) is 7.05 Å². The van der Waals surface area contributed by atoms with Gasteiger partial charge >= 0.3 is 0 Å². The van der Waals surface area contributed by atoms with Crippen molar-refractivity contribution in [3.63, 3.8) is 0 Å². The van der Waals surface area contributed by atoms with Crippen LogP contribution in [0.5, 0.6) is 5.75 Å². The normalized spacial score (nSPS) is 14.5. The summed E-state index contributed by atoms with van der Waals surface area (Å²) in [7, 11) is 1.84. The Labute approximate surface area is 273 Å². The highest BCUT2D eigenvalue weighted by molar-refractivity contribution is 5.97. The number of nitrogens with zero attached hydrogens (tertiary/aromatic N) is 5. The molecule has 0 radical (unpaired) electrons. The number of nitrogens with one attached hydrogen (secondary N) is 1. The third-order valence-electron chi connectivity index (χ3n) is 7.63. The van der Waals surface area contributed by atoms with Gasteiger partial charge in [0.05, 0.1) is 35.8 Å². The van der Waals surface area contributed by atoms with Crippen LogP contribution in [0.3, 0.4) is 0 Å². The van der Waals surface area contributed by atoms with Crippen molar-refractivity contribution in [1.82, 2.24) is 25.1 Å². The van der Waals surface area contributed by atoms with Crippen molar-refractivity contribution in [3.05, 3.63) is 125 Å². The molecule has 236 valence electrons. The van der Waals surface area contributed by atoms with E-state index in [9.17, 15) is 9.90 Å². The van der Waals surface area contributed by atoms with Crippen LogP contribution >= 0.6 is 0 Å². The summed E-state index contributed by atoms with van der Waals surface area (Å²) < 4.78 is 7.43. The van der Waals surface area contributed by atoms with E-state index in [-0.39, 0.29) is 17.6 Å². The zero-order valence-electron chi connectivity index (χ0n) is 26.5. The summed E-state index contributed by atoms with van der Waals surface area (Å²) in [4.78, 5) is 24.3. The number of nitrogens with two attached hydrogens (primary N) is 1. The van der Waals surface area contributed by atoms with Gasteiger partial charge in [-0.05, 0) is 74.9 Å². The third-order valence-corrected chi connectivity index (χ3v) is 7.63. The van der Waals surface area contributed by atoms with E-state index in [1.807, 2.05) is 113 Å². The topological polar surface area (TPSA) is 131 Å². The molecule has 1 aliphatic rings. The second-order valence-electron chi connectivity index (χ2n) is 11.5. The predicted octanol–water partition coefficient (Wildman–Crippen LogP) is 5.32. The Morgan fingerprint density at radius 2 is 1.77 bits per heavy atom. The quantitative estimate of drug-likeness (QED) is 0.207. The fourth-order valence-electron chi connectivity index (χ4n) is 5.46. The average Bonchev–Trinajstić information content (AvgIpc) is 3.49. The molecular formula is C37H35N7O3.